The van der Waals surface area contributed by atoms with Gasteiger partial charge in [0.25, 0.3) is 0 Å². The van der Waals surface area contributed by atoms with Crippen molar-refractivity contribution >= 4 is 17.3 Å². The summed E-state index contributed by atoms with van der Waals surface area (Å²) in [6.45, 7) is 4.87. The Bertz CT molecular complexity index is 435. The summed E-state index contributed by atoms with van der Waals surface area (Å²) < 4.78 is 0. The number of carboxylic acid groups (broad SMARTS) is 1. The van der Waals surface area contributed by atoms with Gasteiger partial charge >= 0.3 is 5.97 Å². The molecular formula is C14H20N2O2S. The van der Waals surface area contributed by atoms with Crippen LogP contribution in [0.25, 0.3) is 0 Å². The second kappa shape index (κ2) is 7.27. The number of rotatable bonds is 8. The minimum atomic E-state index is -0.805. The van der Waals surface area contributed by atoms with Crippen molar-refractivity contribution in [3.63, 3.8) is 0 Å². The molecule has 0 saturated carbocycles. The van der Waals surface area contributed by atoms with Gasteiger partial charge in [-0.1, -0.05) is 19.9 Å². The van der Waals surface area contributed by atoms with E-state index in [2.05, 4.69) is 25.2 Å². The van der Waals surface area contributed by atoms with E-state index in [-0.39, 0.29) is 17.9 Å². The largest absolute Gasteiger partial charge is 0.481 e. The number of thiophene rings is 1. The van der Waals surface area contributed by atoms with Gasteiger partial charge in [-0.05, 0) is 23.3 Å². The maximum Gasteiger partial charge on any atom is 0.305 e. The van der Waals surface area contributed by atoms with Gasteiger partial charge in [0.2, 0.25) is 0 Å². The molecule has 2 N–H and O–H groups in total. The fourth-order valence-electron chi connectivity index (χ4n) is 1.82. The van der Waals surface area contributed by atoms with E-state index in [1.54, 1.807) is 11.3 Å². The Morgan fingerprint density at radius 3 is 2.89 bits per heavy atom. The minimum Gasteiger partial charge on any atom is -0.481 e. The standard InChI is InChI=1S/C14H20N2O2S/c1-14(2,6-4-7-15)10-16-11(9-13(17)18)12-5-3-8-19-12/h3,5,8,11,16H,4,6,9-10H2,1-2H3,(H,17,18). The van der Waals surface area contributed by atoms with E-state index in [1.165, 1.54) is 0 Å². The van der Waals surface area contributed by atoms with Gasteiger partial charge in [-0.3, -0.25) is 4.79 Å². The predicted octanol–water partition coefficient (Wildman–Crippen LogP) is 3.18. The topological polar surface area (TPSA) is 73.1 Å². The van der Waals surface area contributed by atoms with E-state index in [1.807, 2.05) is 17.5 Å². The van der Waals surface area contributed by atoms with Gasteiger partial charge < -0.3 is 10.4 Å². The summed E-state index contributed by atoms with van der Waals surface area (Å²) in [7, 11) is 0. The summed E-state index contributed by atoms with van der Waals surface area (Å²) in [6.07, 6.45) is 1.41. The predicted molar refractivity (Wildman–Crippen MR) is 75.9 cm³/mol. The maximum atomic E-state index is 10.9. The molecule has 0 aliphatic heterocycles. The van der Waals surface area contributed by atoms with Crippen molar-refractivity contribution < 1.29 is 9.90 Å². The van der Waals surface area contributed by atoms with Crippen molar-refractivity contribution in [2.24, 2.45) is 5.41 Å². The summed E-state index contributed by atoms with van der Waals surface area (Å²) >= 11 is 1.56. The first-order chi connectivity index (χ1) is 8.94. The molecule has 5 heteroatoms. The normalized spacial score (nSPS) is 12.9. The van der Waals surface area contributed by atoms with Crippen LogP contribution in [0.3, 0.4) is 0 Å². The van der Waals surface area contributed by atoms with Crippen LogP contribution in [-0.2, 0) is 4.79 Å². The number of nitrogens with zero attached hydrogens (tertiary/aromatic N) is 1. The Hall–Kier alpha value is -1.38. The maximum absolute atomic E-state index is 10.9. The number of carbonyl (C=O) groups is 1. The average Bonchev–Trinajstić information content (AvgIpc) is 2.85. The molecule has 0 aliphatic rings. The van der Waals surface area contributed by atoms with Crippen LogP contribution in [0.15, 0.2) is 17.5 Å². The van der Waals surface area contributed by atoms with Crippen LogP contribution < -0.4 is 5.32 Å². The molecule has 104 valence electrons. The van der Waals surface area contributed by atoms with Crippen LogP contribution >= 0.6 is 11.3 Å². The molecule has 0 aromatic carbocycles. The Kier molecular flexibility index (Phi) is 6.00. The summed E-state index contributed by atoms with van der Waals surface area (Å²) in [5, 5.41) is 22.9. The number of carboxylic acids is 1. The third kappa shape index (κ3) is 5.86. The lowest BCUT2D eigenvalue weighted by atomic mass is 9.87. The Labute approximate surface area is 118 Å². The van der Waals surface area contributed by atoms with Crippen molar-refractivity contribution in [3.8, 4) is 6.07 Å². The first-order valence-corrected chi connectivity index (χ1v) is 7.18. The van der Waals surface area contributed by atoms with Gasteiger partial charge in [-0.2, -0.15) is 5.26 Å². The molecule has 1 aromatic heterocycles. The number of nitrogens with one attached hydrogen (secondary N) is 1. The van der Waals surface area contributed by atoms with Crippen LogP contribution in [0.1, 0.15) is 44.0 Å². The number of aliphatic carboxylic acids is 1. The van der Waals surface area contributed by atoms with Gasteiger partial charge in [0, 0.05) is 17.8 Å². The number of nitriles is 1. The van der Waals surface area contributed by atoms with Crippen molar-refractivity contribution in [2.75, 3.05) is 6.54 Å². The summed E-state index contributed by atoms with van der Waals surface area (Å²) in [4.78, 5) is 12.0. The highest BCUT2D eigenvalue weighted by atomic mass is 32.1. The third-order valence-electron chi connectivity index (χ3n) is 3.01. The second-order valence-electron chi connectivity index (χ2n) is 5.37. The van der Waals surface area contributed by atoms with Crippen LogP contribution in [0.4, 0.5) is 0 Å². The monoisotopic (exact) mass is 280 g/mol. The summed E-state index contributed by atoms with van der Waals surface area (Å²) in [5.41, 5.74) is -0.0102. The molecule has 1 aromatic rings. The molecule has 0 aliphatic carbocycles. The lowest BCUT2D eigenvalue weighted by Crippen LogP contribution is -2.33. The molecule has 1 unspecified atom stereocenters. The minimum absolute atomic E-state index is 0.0102. The second-order valence-corrected chi connectivity index (χ2v) is 6.35. The zero-order chi connectivity index (χ0) is 14.3. The van der Waals surface area contributed by atoms with Crippen LogP contribution in [0.2, 0.25) is 0 Å². The molecule has 1 atom stereocenters. The molecule has 0 saturated heterocycles. The fourth-order valence-corrected chi connectivity index (χ4v) is 2.62. The van der Waals surface area contributed by atoms with Crippen molar-refractivity contribution in [1.29, 1.82) is 5.26 Å². The van der Waals surface area contributed by atoms with E-state index >= 15 is 0 Å². The Morgan fingerprint density at radius 2 is 2.37 bits per heavy atom. The van der Waals surface area contributed by atoms with E-state index < -0.39 is 5.97 Å². The van der Waals surface area contributed by atoms with Gasteiger partial charge in [-0.15, -0.1) is 11.3 Å². The molecule has 1 rings (SSSR count). The number of hydrogen-bond donors (Lipinski definition) is 2. The average molecular weight is 280 g/mol. The van der Waals surface area contributed by atoms with Crippen molar-refractivity contribution in [3.05, 3.63) is 22.4 Å². The van der Waals surface area contributed by atoms with Crippen molar-refractivity contribution in [1.82, 2.24) is 5.32 Å². The fraction of sp³-hybridized carbons (Fsp3) is 0.571. The summed E-state index contributed by atoms with van der Waals surface area (Å²) in [6, 6.07) is 5.88. The van der Waals surface area contributed by atoms with E-state index in [9.17, 15) is 4.79 Å². The lowest BCUT2D eigenvalue weighted by Gasteiger charge is -2.27. The molecule has 0 fully saturated rings. The molecular weight excluding hydrogens is 260 g/mol. The molecule has 0 radical (unpaired) electrons. The number of hydrogen-bond acceptors (Lipinski definition) is 4. The highest BCUT2D eigenvalue weighted by Gasteiger charge is 2.22. The van der Waals surface area contributed by atoms with E-state index in [0.717, 1.165) is 11.3 Å². The summed E-state index contributed by atoms with van der Waals surface area (Å²) in [5.74, 6) is -0.805. The first-order valence-electron chi connectivity index (χ1n) is 6.30. The molecule has 1 heterocycles. The molecule has 4 nitrogen and oxygen atoms in total. The van der Waals surface area contributed by atoms with Crippen LogP contribution in [0, 0.1) is 16.7 Å². The van der Waals surface area contributed by atoms with Gasteiger partial charge in [0.15, 0.2) is 0 Å². The lowest BCUT2D eigenvalue weighted by molar-refractivity contribution is -0.137. The zero-order valence-corrected chi connectivity index (χ0v) is 12.2. The van der Waals surface area contributed by atoms with Gasteiger partial charge in [-0.25, -0.2) is 0 Å². The molecule has 0 amide bonds. The van der Waals surface area contributed by atoms with Crippen LogP contribution in [-0.4, -0.2) is 17.6 Å². The Balaban J connectivity index is 2.59. The third-order valence-corrected chi connectivity index (χ3v) is 3.99. The molecule has 0 spiro atoms. The highest BCUT2D eigenvalue weighted by Crippen LogP contribution is 2.26. The highest BCUT2D eigenvalue weighted by molar-refractivity contribution is 7.10. The smallest absolute Gasteiger partial charge is 0.305 e. The van der Waals surface area contributed by atoms with Gasteiger partial charge in [0.1, 0.15) is 0 Å². The van der Waals surface area contributed by atoms with E-state index in [0.29, 0.717) is 13.0 Å². The van der Waals surface area contributed by atoms with E-state index in [4.69, 9.17) is 10.4 Å². The van der Waals surface area contributed by atoms with Crippen LogP contribution in [0.5, 0.6) is 0 Å². The molecule has 0 bridgehead atoms. The molecule has 19 heavy (non-hydrogen) atoms. The first kappa shape index (κ1) is 15.7. The quantitative estimate of drug-likeness (QED) is 0.767. The zero-order valence-electron chi connectivity index (χ0n) is 11.3. The Morgan fingerprint density at radius 1 is 1.63 bits per heavy atom. The SMILES string of the molecule is CC(C)(CCC#N)CNC(CC(=O)O)c1cccs1. The van der Waals surface area contributed by atoms with Crippen molar-refractivity contribution in [2.45, 2.75) is 39.2 Å². The van der Waals surface area contributed by atoms with Gasteiger partial charge in [0.05, 0.1) is 18.5 Å².